The first-order chi connectivity index (χ1) is 6.54. The molecule has 2 N–H and O–H groups in total. The highest BCUT2D eigenvalue weighted by Gasteiger charge is 2.12. The van der Waals surface area contributed by atoms with Crippen molar-refractivity contribution in [1.82, 2.24) is 4.98 Å². The molecular formula is C8H9BrINO3. The average Bonchev–Trinajstić information content (AvgIpc) is 2.13. The van der Waals surface area contributed by atoms with Crippen LogP contribution in [0.25, 0.3) is 0 Å². The molecule has 0 saturated carbocycles. The van der Waals surface area contributed by atoms with E-state index in [4.69, 9.17) is 9.84 Å². The molecule has 6 heteroatoms. The molecular weight excluding hydrogens is 365 g/mol. The number of nitrogens with zero attached hydrogens (tertiary/aromatic N) is 1. The van der Waals surface area contributed by atoms with Crippen molar-refractivity contribution in [3.8, 4) is 11.5 Å². The smallest absolute Gasteiger partial charge is 0.191 e. The van der Waals surface area contributed by atoms with Crippen molar-refractivity contribution in [2.75, 3.05) is 6.61 Å². The molecule has 0 aliphatic heterocycles. The summed E-state index contributed by atoms with van der Waals surface area (Å²) in [5.74, 6) is 0.267. The average molecular weight is 374 g/mol. The number of halogens is 2. The zero-order chi connectivity index (χ0) is 10.7. The Labute approximate surface area is 104 Å². The minimum atomic E-state index is -0.356. The van der Waals surface area contributed by atoms with E-state index in [9.17, 15) is 5.11 Å². The topological polar surface area (TPSA) is 62.6 Å². The van der Waals surface area contributed by atoms with Gasteiger partial charge in [-0.2, -0.15) is 0 Å². The number of aliphatic hydroxyl groups is 1. The Morgan fingerprint density at radius 1 is 1.71 bits per heavy atom. The summed E-state index contributed by atoms with van der Waals surface area (Å²) in [6.45, 7) is 1.61. The van der Waals surface area contributed by atoms with Crippen LogP contribution in [-0.2, 0) is 0 Å². The summed E-state index contributed by atoms with van der Waals surface area (Å²) in [7, 11) is 0. The highest BCUT2D eigenvalue weighted by molar-refractivity contribution is 14.1. The lowest BCUT2D eigenvalue weighted by Gasteiger charge is -2.13. The third-order valence-corrected chi connectivity index (χ3v) is 2.57. The van der Waals surface area contributed by atoms with Gasteiger partial charge in [0.2, 0.25) is 0 Å². The van der Waals surface area contributed by atoms with E-state index in [0.29, 0.717) is 14.1 Å². The van der Waals surface area contributed by atoms with E-state index < -0.39 is 0 Å². The minimum absolute atomic E-state index is 0.0503. The molecule has 0 fully saturated rings. The van der Waals surface area contributed by atoms with Crippen LogP contribution in [0.3, 0.4) is 0 Å². The molecule has 0 saturated heterocycles. The number of hydrogen-bond donors (Lipinski definition) is 2. The van der Waals surface area contributed by atoms with Crippen LogP contribution in [0.15, 0.2) is 10.7 Å². The summed E-state index contributed by atoms with van der Waals surface area (Å²) >= 11 is 5.11. The zero-order valence-corrected chi connectivity index (χ0v) is 11.1. The van der Waals surface area contributed by atoms with Crippen LogP contribution >= 0.6 is 38.5 Å². The second-order valence-corrected chi connectivity index (χ2v) is 4.55. The van der Waals surface area contributed by atoms with Gasteiger partial charge in [-0.05, 0) is 45.4 Å². The van der Waals surface area contributed by atoms with E-state index in [2.05, 4.69) is 20.9 Å². The molecule has 1 aromatic heterocycles. The number of aliphatic hydroxyl groups excluding tert-OH is 1. The largest absolute Gasteiger partial charge is 0.502 e. The van der Waals surface area contributed by atoms with Crippen LogP contribution in [0.4, 0.5) is 0 Å². The van der Waals surface area contributed by atoms with E-state index in [1.54, 1.807) is 13.0 Å². The Morgan fingerprint density at radius 2 is 2.36 bits per heavy atom. The first-order valence-corrected chi connectivity index (χ1v) is 5.74. The summed E-state index contributed by atoms with van der Waals surface area (Å²) in [5, 5.41) is 18.3. The number of aromatic hydroxyl groups is 1. The molecule has 0 aliphatic rings. The van der Waals surface area contributed by atoms with Gasteiger partial charge in [-0.1, -0.05) is 0 Å². The maximum absolute atomic E-state index is 9.55. The Balaban J connectivity index is 2.96. The standard InChI is InChI=1S/C8H9BrINO3/c1-4(3-12)14-5-2-6(10)11-8(9)7(5)13/h2,4,12-13H,3H2,1H3/t4-/m1/s1. The lowest BCUT2D eigenvalue weighted by Crippen LogP contribution is -2.16. The van der Waals surface area contributed by atoms with E-state index in [1.807, 2.05) is 22.6 Å². The number of ether oxygens (including phenoxy) is 1. The fraction of sp³-hybridized carbons (Fsp3) is 0.375. The van der Waals surface area contributed by atoms with Gasteiger partial charge in [0.1, 0.15) is 9.80 Å². The van der Waals surface area contributed by atoms with Crippen LogP contribution in [0.1, 0.15) is 6.92 Å². The van der Waals surface area contributed by atoms with Crippen LogP contribution in [0, 0.1) is 3.70 Å². The van der Waals surface area contributed by atoms with Gasteiger partial charge in [-0.15, -0.1) is 0 Å². The van der Waals surface area contributed by atoms with Crippen molar-refractivity contribution in [2.45, 2.75) is 13.0 Å². The van der Waals surface area contributed by atoms with E-state index >= 15 is 0 Å². The molecule has 1 rings (SSSR count). The van der Waals surface area contributed by atoms with Crippen LogP contribution in [0.5, 0.6) is 11.5 Å². The van der Waals surface area contributed by atoms with Crippen LogP contribution in [-0.4, -0.2) is 27.9 Å². The molecule has 1 aromatic rings. The summed E-state index contributed by atoms with van der Waals surface area (Å²) < 4.78 is 6.32. The quantitative estimate of drug-likeness (QED) is 0.627. The predicted molar refractivity (Wildman–Crippen MR) is 63.5 cm³/mol. The molecule has 1 atom stereocenters. The molecule has 0 amide bonds. The van der Waals surface area contributed by atoms with E-state index in [-0.39, 0.29) is 18.5 Å². The van der Waals surface area contributed by atoms with Gasteiger partial charge < -0.3 is 14.9 Å². The molecule has 4 nitrogen and oxygen atoms in total. The molecule has 0 unspecified atom stereocenters. The van der Waals surface area contributed by atoms with Gasteiger partial charge >= 0.3 is 0 Å². The summed E-state index contributed by atoms with van der Waals surface area (Å²) in [6, 6.07) is 1.60. The van der Waals surface area contributed by atoms with Crippen LogP contribution in [0.2, 0.25) is 0 Å². The van der Waals surface area contributed by atoms with Gasteiger partial charge in [-0.3, -0.25) is 0 Å². The van der Waals surface area contributed by atoms with E-state index in [1.165, 1.54) is 0 Å². The highest BCUT2D eigenvalue weighted by atomic mass is 127. The fourth-order valence-corrected chi connectivity index (χ4v) is 2.04. The van der Waals surface area contributed by atoms with E-state index in [0.717, 1.165) is 0 Å². The third kappa shape index (κ3) is 2.96. The predicted octanol–water partition coefficient (Wildman–Crippen LogP) is 1.91. The van der Waals surface area contributed by atoms with Crippen molar-refractivity contribution in [3.63, 3.8) is 0 Å². The fourth-order valence-electron chi connectivity index (χ4n) is 0.801. The number of rotatable bonds is 3. The monoisotopic (exact) mass is 373 g/mol. The summed E-state index contributed by atoms with van der Waals surface area (Å²) in [5.41, 5.74) is 0. The highest BCUT2D eigenvalue weighted by Crippen LogP contribution is 2.34. The number of hydrogen-bond acceptors (Lipinski definition) is 4. The minimum Gasteiger partial charge on any atom is -0.502 e. The Kier molecular flexibility index (Phi) is 4.39. The van der Waals surface area contributed by atoms with Gasteiger partial charge in [0.25, 0.3) is 0 Å². The SMILES string of the molecule is C[C@H](CO)Oc1cc(I)nc(Br)c1O. The first-order valence-electron chi connectivity index (χ1n) is 3.87. The third-order valence-electron chi connectivity index (χ3n) is 1.47. The first kappa shape index (κ1) is 12.0. The van der Waals surface area contributed by atoms with Gasteiger partial charge in [0, 0.05) is 6.07 Å². The van der Waals surface area contributed by atoms with Crippen molar-refractivity contribution in [2.24, 2.45) is 0 Å². The zero-order valence-electron chi connectivity index (χ0n) is 7.37. The van der Waals surface area contributed by atoms with Crippen molar-refractivity contribution in [1.29, 1.82) is 0 Å². The maximum Gasteiger partial charge on any atom is 0.191 e. The van der Waals surface area contributed by atoms with Gasteiger partial charge in [-0.25, -0.2) is 4.98 Å². The lowest BCUT2D eigenvalue weighted by molar-refractivity contribution is 0.126. The Morgan fingerprint density at radius 3 is 2.93 bits per heavy atom. The Hall–Kier alpha value is -0.0800. The molecule has 0 aliphatic carbocycles. The van der Waals surface area contributed by atoms with Crippen molar-refractivity contribution < 1.29 is 14.9 Å². The normalized spacial score (nSPS) is 12.6. The maximum atomic E-state index is 9.55. The van der Waals surface area contributed by atoms with Crippen molar-refractivity contribution in [3.05, 3.63) is 14.4 Å². The number of pyridine rings is 1. The molecule has 0 aromatic carbocycles. The molecule has 0 bridgehead atoms. The summed E-state index contributed by atoms with van der Waals surface area (Å²) in [4.78, 5) is 3.98. The summed E-state index contributed by atoms with van der Waals surface area (Å²) in [6.07, 6.45) is -0.356. The molecule has 14 heavy (non-hydrogen) atoms. The molecule has 0 radical (unpaired) electrons. The second-order valence-electron chi connectivity index (χ2n) is 2.69. The molecule has 78 valence electrons. The molecule has 0 spiro atoms. The molecule has 1 heterocycles. The second kappa shape index (κ2) is 5.13. The van der Waals surface area contributed by atoms with Crippen LogP contribution < -0.4 is 4.74 Å². The lowest BCUT2D eigenvalue weighted by atomic mass is 10.4. The Bertz CT molecular complexity index is 335. The van der Waals surface area contributed by atoms with Gasteiger partial charge in [0.15, 0.2) is 16.1 Å². The number of aromatic nitrogens is 1. The van der Waals surface area contributed by atoms with Crippen molar-refractivity contribution >= 4 is 38.5 Å². The van der Waals surface area contributed by atoms with Gasteiger partial charge in [0.05, 0.1) is 6.61 Å².